The molecular formula is C30H34N6O. The number of fused-ring (bicyclic) bond motifs is 1. The Morgan fingerprint density at radius 2 is 1.92 bits per heavy atom. The van der Waals surface area contributed by atoms with E-state index >= 15 is 0 Å². The van der Waals surface area contributed by atoms with Gasteiger partial charge in [0.1, 0.15) is 5.75 Å². The van der Waals surface area contributed by atoms with Gasteiger partial charge in [0.05, 0.1) is 11.3 Å². The molecule has 2 aliphatic rings. The fraction of sp³-hybridized carbons (Fsp3) is 0.367. The molecule has 0 amide bonds. The van der Waals surface area contributed by atoms with Crippen molar-refractivity contribution in [3.63, 3.8) is 0 Å². The molecule has 190 valence electrons. The number of anilines is 2. The summed E-state index contributed by atoms with van der Waals surface area (Å²) in [5.41, 5.74) is 3.83. The number of nitrogens with one attached hydrogen (secondary N) is 3. The van der Waals surface area contributed by atoms with Crippen molar-refractivity contribution in [1.29, 1.82) is 0 Å². The van der Waals surface area contributed by atoms with E-state index in [4.69, 9.17) is 9.72 Å². The first-order valence-corrected chi connectivity index (χ1v) is 13.4. The zero-order valence-corrected chi connectivity index (χ0v) is 21.3. The van der Waals surface area contributed by atoms with Gasteiger partial charge in [-0.3, -0.25) is 0 Å². The number of aromatic nitrogens is 3. The Morgan fingerprint density at radius 3 is 2.78 bits per heavy atom. The predicted octanol–water partition coefficient (Wildman–Crippen LogP) is 6.17. The maximum Gasteiger partial charge on any atom is 0.228 e. The summed E-state index contributed by atoms with van der Waals surface area (Å²) in [5, 5.41) is 12.8. The van der Waals surface area contributed by atoms with Gasteiger partial charge in [-0.25, -0.2) is 15.0 Å². The van der Waals surface area contributed by atoms with E-state index in [0.29, 0.717) is 17.9 Å². The van der Waals surface area contributed by atoms with Crippen LogP contribution in [0.3, 0.4) is 0 Å². The molecule has 7 heteroatoms. The minimum atomic E-state index is 0.332. The highest BCUT2D eigenvalue weighted by atomic mass is 16.5. The topological polar surface area (TPSA) is 84.0 Å². The lowest BCUT2D eigenvalue weighted by Gasteiger charge is -2.23. The van der Waals surface area contributed by atoms with Gasteiger partial charge in [0.25, 0.3) is 0 Å². The van der Waals surface area contributed by atoms with Crippen LogP contribution in [0.25, 0.3) is 22.0 Å². The van der Waals surface area contributed by atoms with Gasteiger partial charge in [0.2, 0.25) is 11.8 Å². The Kier molecular flexibility index (Phi) is 6.86. The lowest BCUT2D eigenvalue weighted by atomic mass is 10.0. The van der Waals surface area contributed by atoms with Crippen LogP contribution in [0.2, 0.25) is 0 Å². The van der Waals surface area contributed by atoms with Crippen molar-refractivity contribution in [2.75, 3.05) is 30.3 Å². The van der Waals surface area contributed by atoms with E-state index in [-0.39, 0.29) is 0 Å². The van der Waals surface area contributed by atoms with Crippen LogP contribution >= 0.6 is 0 Å². The van der Waals surface area contributed by atoms with Crippen LogP contribution in [0.1, 0.15) is 37.7 Å². The van der Waals surface area contributed by atoms with E-state index in [1.54, 1.807) is 12.4 Å². The fourth-order valence-corrected chi connectivity index (χ4v) is 5.05. The first-order chi connectivity index (χ1) is 18.2. The number of rotatable bonds is 9. The van der Waals surface area contributed by atoms with E-state index < -0.39 is 0 Å². The summed E-state index contributed by atoms with van der Waals surface area (Å²) in [5.74, 6) is 2.89. The molecular weight excluding hydrogens is 460 g/mol. The van der Waals surface area contributed by atoms with Crippen molar-refractivity contribution in [1.82, 2.24) is 20.3 Å². The van der Waals surface area contributed by atoms with E-state index in [0.717, 1.165) is 77.4 Å². The highest BCUT2D eigenvalue weighted by molar-refractivity contribution is 5.98. The average molecular weight is 495 g/mol. The molecule has 1 aliphatic carbocycles. The molecule has 0 radical (unpaired) electrons. The maximum atomic E-state index is 6.58. The lowest BCUT2D eigenvalue weighted by molar-refractivity contribution is 0.466. The summed E-state index contributed by atoms with van der Waals surface area (Å²) in [6.45, 7) is 5.07. The normalized spacial score (nSPS) is 17.5. The van der Waals surface area contributed by atoms with Crippen LogP contribution < -0.4 is 20.7 Å². The Balaban J connectivity index is 1.29. The smallest absolute Gasteiger partial charge is 0.228 e. The summed E-state index contributed by atoms with van der Waals surface area (Å²) < 4.78 is 6.58. The molecule has 7 nitrogen and oxygen atoms in total. The van der Waals surface area contributed by atoms with Crippen molar-refractivity contribution >= 4 is 22.4 Å². The number of benzene rings is 2. The van der Waals surface area contributed by atoms with Crippen molar-refractivity contribution in [2.45, 2.75) is 45.1 Å². The SMILES string of the molecule is Cc1ccc2c(NCCC3CC3)cccc2c1Oc1ncccc1-c1ccnc(N[C@H]2CCCNC2)n1. The van der Waals surface area contributed by atoms with Crippen LogP contribution in [0, 0.1) is 12.8 Å². The molecule has 2 aromatic carbocycles. The molecule has 3 heterocycles. The molecule has 4 aromatic rings. The molecule has 2 aromatic heterocycles. The van der Waals surface area contributed by atoms with Gasteiger partial charge >= 0.3 is 0 Å². The summed E-state index contributed by atoms with van der Waals surface area (Å²) in [7, 11) is 0. The second-order valence-corrected chi connectivity index (χ2v) is 10.2. The van der Waals surface area contributed by atoms with E-state index in [9.17, 15) is 0 Å². The summed E-state index contributed by atoms with van der Waals surface area (Å²) in [6, 6.07) is 16.8. The third kappa shape index (κ3) is 5.52. The van der Waals surface area contributed by atoms with Crippen LogP contribution in [-0.2, 0) is 0 Å². The Hall–Kier alpha value is -3.71. The highest BCUT2D eigenvalue weighted by Crippen LogP contribution is 2.39. The second kappa shape index (κ2) is 10.7. The van der Waals surface area contributed by atoms with Crippen molar-refractivity contribution in [2.24, 2.45) is 5.92 Å². The van der Waals surface area contributed by atoms with E-state index in [1.165, 1.54) is 19.3 Å². The molecule has 1 aliphatic heterocycles. The van der Waals surface area contributed by atoms with Crippen molar-refractivity contribution in [3.8, 4) is 22.9 Å². The molecule has 2 fully saturated rings. The van der Waals surface area contributed by atoms with Gasteiger partial charge in [-0.05, 0) is 68.5 Å². The van der Waals surface area contributed by atoms with E-state index in [1.807, 2.05) is 18.2 Å². The first kappa shape index (κ1) is 23.7. The highest BCUT2D eigenvalue weighted by Gasteiger charge is 2.21. The summed E-state index contributed by atoms with van der Waals surface area (Å²) in [6.07, 6.45) is 9.80. The minimum absolute atomic E-state index is 0.332. The second-order valence-electron chi connectivity index (χ2n) is 10.2. The Labute approximate surface area is 218 Å². The first-order valence-electron chi connectivity index (χ1n) is 13.4. The number of nitrogens with zero attached hydrogens (tertiary/aromatic N) is 3. The van der Waals surface area contributed by atoms with Crippen molar-refractivity contribution in [3.05, 3.63) is 66.5 Å². The van der Waals surface area contributed by atoms with Crippen LogP contribution in [0.5, 0.6) is 11.6 Å². The van der Waals surface area contributed by atoms with Crippen LogP contribution in [0.15, 0.2) is 60.9 Å². The zero-order chi connectivity index (χ0) is 25.0. The molecule has 1 atom stereocenters. The predicted molar refractivity (Wildman–Crippen MR) is 149 cm³/mol. The maximum absolute atomic E-state index is 6.58. The van der Waals surface area contributed by atoms with Gasteiger partial charge in [-0.2, -0.15) is 0 Å². The molecule has 1 saturated heterocycles. The average Bonchev–Trinajstić information content (AvgIpc) is 3.76. The number of hydrogen-bond donors (Lipinski definition) is 3. The monoisotopic (exact) mass is 494 g/mol. The molecule has 37 heavy (non-hydrogen) atoms. The van der Waals surface area contributed by atoms with Gasteiger partial charge in [-0.15, -0.1) is 0 Å². The zero-order valence-electron chi connectivity index (χ0n) is 21.3. The fourth-order valence-electron chi connectivity index (χ4n) is 5.05. The largest absolute Gasteiger partial charge is 0.437 e. The molecule has 0 bridgehead atoms. The summed E-state index contributed by atoms with van der Waals surface area (Å²) in [4.78, 5) is 13.9. The molecule has 6 rings (SSSR count). The number of pyridine rings is 1. The number of ether oxygens (including phenoxy) is 1. The van der Waals surface area contributed by atoms with Gasteiger partial charge in [0.15, 0.2) is 0 Å². The minimum Gasteiger partial charge on any atom is -0.437 e. The van der Waals surface area contributed by atoms with Gasteiger partial charge < -0.3 is 20.7 Å². The molecule has 0 unspecified atom stereocenters. The van der Waals surface area contributed by atoms with Crippen molar-refractivity contribution < 1.29 is 4.74 Å². The number of piperidine rings is 1. The quantitative estimate of drug-likeness (QED) is 0.257. The Bertz CT molecular complexity index is 1380. The van der Waals surface area contributed by atoms with Gasteiger partial charge in [-0.1, -0.05) is 37.1 Å². The summed E-state index contributed by atoms with van der Waals surface area (Å²) >= 11 is 0. The third-order valence-corrected chi connectivity index (χ3v) is 7.31. The Morgan fingerprint density at radius 1 is 0.973 bits per heavy atom. The van der Waals surface area contributed by atoms with E-state index in [2.05, 4.69) is 63.2 Å². The standard InChI is InChI=1S/C30H34N6O/c1-20-9-12-23-24(6-2-8-26(23)32-17-13-21-10-11-21)28(20)37-29-25(7-4-16-33-29)27-14-18-34-30(36-27)35-22-5-3-15-31-19-22/h2,4,6-9,12,14,16,18,21-22,31-32H,3,5,10-11,13,15,17,19H2,1H3,(H,34,35,36)/t22-/m0/s1. The molecule has 0 spiro atoms. The number of aryl methyl sites for hydroxylation is 1. The molecule has 1 saturated carbocycles. The van der Waals surface area contributed by atoms with Crippen LogP contribution in [-0.4, -0.2) is 40.6 Å². The lowest BCUT2D eigenvalue weighted by Crippen LogP contribution is -2.38. The van der Waals surface area contributed by atoms with Gasteiger partial charge in [0, 0.05) is 48.0 Å². The number of hydrogen-bond acceptors (Lipinski definition) is 7. The molecule has 3 N–H and O–H groups in total. The van der Waals surface area contributed by atoms with Crippen LogP contribution in [0.4, 0.5) is 11.6 Å². The third-order valence-electron chi connectivity index (χ3n) is 7.31.